The number of likely N-dealkylation sites (tertiary alicyclic amines) is 1. The number of para-hydroxylation sites is 1. The summed E-state index contributed by atoms with van der Waals surface area (Å²) < 4.78 is 6.52. The van der Waals surface area contributed by atoms with E-state index in [1.807, 2.05) is 56.0 Å². The molecule has 1 N–H and O–H groups in total. The summed E-state index contributed by atoms with van der Waals surface area (Å²) in [7, 11) is 0. The SMILES string of the molecule is Cc1cccc(C(=O)N2CCC3(CC2)C[C@@H](CC(=O)NC(C)C)c2ccccc2O3)n1. The molecular weight excluding hydrogens is 390 g/mol. The number of hydrogen-bond acceptors (Lipinski definition) is 4. The molecule has 0 radical (unpaired) electrons. The van der Waals surface area contributed by atoms with Gasteiger partial charge in [-0.2, -0.15) is 0 Å². The van der Waals surface area contributed by atoms with E-state index < -0.39 is 0 Å². The second-order valence-corrected chi connectivity index (χ2v) is 9.11. The number of hydrogen-bond donors (Lipinski definition) is 1. The molecule has 6 heteroatoms. The fourth-order valence-corrected chi connectivity index (χ4v) is 4.78. The Morgan fingerprint density at radius 2 is 1.90 bits per heavy atom. The maximum atomic E-state index is 12.9. The van der Waals surface area contributed by atoms with Crippen LogP contribution in [0.5, 0.6) is 5.75 Å². The van der Waals surface area contributed by atoms with Crippen molar-refractivity contribution in [3.63, 3.8) is 0 Å². The molecule has 2 aromatic rings. The van der Waals surface area contributed by atoms with Crippen molar-refractivity contribution >= 4 is 11.8 Å². The van der Waals surface area contributed by atoms with E-state index in [1.165, 1.54) is 0 Å². The number of piperidine rings is 1. The van der Waals surface area contributed by atoms with E-state index >= 15 is 0 Å². The number of nitrogens with one attached hydrogen (secondary N) is 1. The zero-order valence-corrected chi connectivity index (χ0v) is 18.6. The molecule has 1 spiro atoms. The van der Waals surface area contributed by atoms with Crippen molar-refractivity contribution in [1.29, 1.82) is 0 Å². The lowest BCUT2D eigenvalue weighted by Crippen LogP contribution is -2.52. The Labute approximate surface area is 184 Å². The molecule has 2 aliphatic rings. The topological polar surface area (TPSA) is 71.5 Å². The second kappa shape index (κ2) is 8.69. The van der Waals surface area contributed by atoms with Crippen molar-refractivity contribution in [3.05, 3.63) is 59.4 Å². The average molecular weight is 422 g/mol. The van der Waals surface area contributed by atoms with Gasteiger partial charge in [0.2, 0.25) is 5.91 Å². The molecule has 2 aliphatic heterocycles. The molecular formula is C25H31N3O3. The van der Waals surface area contributed by atoms with Gasteiger partial charge in [-0.25, -0.2) is 4.98 Å². The average Bonchev–Trinajstić information content (AvgIpc) is 2.73. The highest BCUT2D eigenvalue weighted by atomic mass is 16.5. The van der Waals surface area contributed by atoms with E-state index in [9.17, 15) is 9.59 Å². The molecule has 3 heterocycles. The summed E-state index contributed by atoms with van der Waals surface area (Å²) in [6.07, 6.45) is 2.75. The molecule has 1 saturated heterocycles. The molecule has 1 fully saturated rings. The lowest BCUT2D eigenvalue weighted by Gasteiger charge is -2.46. The van der Waals surface area contributed by atoms with Crippen molar-refractivity contribution in [2.75, 3.05) is 13.1 Å². The van der Waals surface area contributed by atoms with Crippen LogP contribution < -0.4 is 10.1 Å². The second-order valence-electron chi connectivity index (χ2n) is 9.11. The number of ether oxygens (including phenoxy) is 1. The van der Waals surface area contributed by atoms with E-state index in [0.29, 0.717) is 25.2 Å². The number of carbonyl (C=O) groups is 2. The summed E-state index contributed by atoms with van der Waals surface area (Å²) >= 11 is 0. The lowest BCUT2D eigenvalue weighted by atomic mass is 9.76. The summed E-state index contributed by atoms with van der Waals surface area (Å²) in [6.45, 7) is 7.11. The highest BCUT2D eigenvalue weighted by molar-refractivity contribution is 5.92. The number of rotatable bonds is 4. The van der Waals surface area contributed by atoms with Gasteiger partial charge < -0.3 is 15.0 Å². The van der Waals surface area contributed by atoms with E-state index in [4.69, 9.17) is 4.74 Å². The smallest absolute Gasteiger partial charge is 0.272 e. The maximum Gasteiger partial charge on any atom is 0.272 e. The summed E-state index contributed by atoms with van der Waals surface area (Å²) in [5.41, 5.74) is 2.10. The van der Waals surface area contributed by atoms with Gasteiger partial charge in [0, 0.05) is 50.0 Å². The van der Waals surface area contributed by atoms with E-state index in [2.05, 4.69) is 16.4 Å². The van der Waals surface area contributed by atoms with Crippen LogP contribution in [0.15, 0.2) is 42.5 Å². The van der Waals surface area contributed by atoms with Gasteiger partial charge in [0.25, 0.3) is 5.91 Å². The van der Waals surface area contributed by atoms with Gasteiger partial charge in [0.1, 0.15) is 17.0 Å². The Morgan fingerprint density at radius 3 is 2.61 bits per heavy atom. The first kappa shape index (κ1) is 21.3. The number of amides is 2. The predicted octanol–water partition coefficient (Wildman–Crippen LogP) is 3.85. The Balaban J connectivity index is 1.48. The molecule has 4 rings (SSSR count). The molecule has 6 nitrogen and oxygen atoms in total. The van der Waals surface area contributed by atoms with Crippen LogP contribution in [0, 0.1) is 6.92 Å². The van der Waals surface area contributed by atoms with Gasteiger partial charge in [-0.05, 0) is 51.0 Å². The Morgan fingerprint density at radius 1 is 1.16 bits per heavy atom. The van der Waals surface area contributed by atoms with Crippen molar-refractivity contribution in [1.82, 2.24) is 15.2 Å². The van der Waals surface area contributed by atoms with Crippen molar-refractivity contribution < 1.29 is 14.3 Å². The van der Waals surface area contributed by atoms with Gasteiger partial charge in [0.05, 0.1) is 0 Å². The van der Waals surface area contributed by atoms with Gasteiger partial charge in [-0.15, -0.1) is 0 Å². The third-order valence-electron chi connectivity index (χ3n) is 6.25. The number of fused-ring (bicyclic) bond motifs is 1. The van der Waals surface area contributed by atoms with Gasteiger partial charge in [-0.1, -0.05) is 24.3 Å². The van der Waals surface area contributed by atoms with Gasteiger partial charge in [-0.3, -0.25) is 9.59 Å². The standard InChI is InChI=1S/C25H31N3O3/c1-17(2)26-23(29)15-19-16-25(31-22-10-5-4-8-20(19)22)11-13-28(14-12-25)24(30)21-9-6-7-18(3)27-21/h4-10,17,19H,11-16H2,1-3H3,(H,26,29)/t19-/m1/s1. The molecule has 0 aliphatic carbocycles. The fourth-order valence-electron chi connectivity index (χ4n) is 4.78. The molecule has 164 valence electrons. The van der Waals surface area contributed by atoms with Crippen LogP contribution in [0.4, 0.5) is 0 Å². The minimum atomic E-state index is -0.339. The molecule has 31 heavy (non-hydrogen) atoms. The number of carbonyl (C=O) groups excluding carboxylic acids is 2. The minimum absolute atomic E-state index is 0.0254. The molecule has 2 amide bonds. The first-order chi connectivity index (χ1) is 14.8. The predicted molar refractivity (Wildman–Crippen MR) is 119 cm³/mol. The highest BCUT2D eigenvalue weighted by Crippen LogP contribution is 2.46. The molecule has 0 unspecified atom stereocenters. The van der Waals surface area contributed by atoms with Crippen LogP contribution >= 0.6 is 0 Å². The van der Waals surface area contributed by atoms with Crippen molar-refractivity contribution in [3.8, 4) is 5.75 Å². The third-order valence-corrected chi connectivity index (χ3v) is 6.25. The molecule has 0 saturated carbocycles. The van der Waals surface area contributed by atoms with Crippen LogP contribution in [-0.2, 0) is 4.79 Å². The Kier molecular flexibility index (Phi) is 5.99. The van der Waals surface area contributed by atoms with E-state index in [1.54, 1.807) is 6.07 Å². The van der Waals surface area contributed by atoms with Crippen molar-refractivity contribution in [2.45, 2.75) is 64.0 Å². The third kappa shape index (κ3) is 4.73. The minimum Gasteiger partial charge on any atom is -0.487 e. The number of aryl methyl sites for hydroxylation is 1. The number of benzene rings is 1. The van der Waals surface area contributed by atoms with Crippen LogP contribution in [0.3, 0.4) is 0 Å². The van der Waals surface area contributed by atoms with E-state index in [-0.39, 0.29) is 29.4 Å². The lowest BCUT2D eigenvalue weighted by molar-refractivity contribution is -0.122. The molecule has 0 bridgehead atoms. The Hall–Kier alpha value is -2.89. The van der Waals surface area contributed by atoms with Crippen molar-refractivity contribution in [2.24, 2.45) is 0 Å². The fraction of sp³-hybridized carbons (Fsp3) is 0.480. The number of pyridine rings is 1. The largest absolute Gasteiger partial charge is 0.487 e. The quantitative estimate of drug-likeness (QED) is 0.814. The zero-order chi connectivity index (χ0) is 22.0. The highest BCUT2D eigenvalue weighted by Gasteiger charge is 2.44. The summed E-state index contributed by atoms with van der Waals surface area (Å²) in [5, 5.41) is 3.02. The molecule has 1 atom stereocenters. The zero-order valence-electron chi connectivity index (χ0n) is 18.6. The molecule has 1 aromatic carbocycles. The normalized spacial score (nSPS) is 19.6. The first-order valence-electron chi connectivity index (χ1n) is 11.2. The number of nitrogens with zero attached hydrogens (tertiary/aromatic N) is 2. The van der Waals surface area contributed by atoms with Gasteiger partial charge >= 0.3 is 0 Å². The van der Waals surface area contributed by atoms with Crippen LogP contribution in [0.25, 0.3) is 0 Å². The summed E-state index contributed by atoms with van der Waals surface area (Å²) in [4.78, 5) is 31.7. The van der Waals surface area contributed by atoms with Crippen LogP contribution in [-0.4, -0.2) is 46.4 Å². The molecule has 1 aromatic heterocycles. The van der Waals surface area contributed by atoms with E-state index in [0.717, 1.165) is 36.3 Å². The Bertz CT molecular complexity index is 964. The van der Waals surface area contributed by atoms with Crippen LogP contribution in [0.2, 0.25) is 0 Å². The van der Waals surface area contributed by atoms with Crippen LogP contribution in [0.1, 0.15) is 67.2 Å². The monoisotopic (exact) mass is 421 g/mol. The first-order valence-corrected chi connectivity index (χ1v) is 11.2. The number of aromatic nitrogens is 1. The van der Waals surface area contributed by atoms with Gasteiger partial charge in [0.15, 0.2) is 0 Å². The summed E-state index contributed by atoms with van der Waals surface area (Å²) in [5.74, 6) is 1.04. The maximum absolute atomic E-state index is 12.9. The summed E-state index contributed by atoms with van der Waals surface area (Å²) in [6, 6.07) is 13.7.